The highest BCUT2D eigenvalue weighted by atomic mass is 19.4. The zero-order valence-corrected chi connectivity index (χ0v) is 26.1. The van der Waals surface area contributed by atoms with E-state index in [1.807, 2.05) is 0 Å². The smallest absolute Gasteiger partial charge is 0.411 e. The summed E-state index contributed by atoms with van der Waals surface area (Å²) in [5.41, 5.74) is 1.15. The summed E-state index contributed by atoms with van der Waals surface area (Å²) in [6.07, 6.45) is -3.96. The number of rotatable bonds is 7. The van der Waals surface area contributed by atoms with Crippen LogP contribution in [0.4, 0.5) is 27.6 Å². The fraction of sp³-hybridized carbons (Fsp3) is 0.438. The number of amides is 1. The third kappa shape index (κ3) is 6.40. The van der Waals surface area contributed by atoms with E-state index in [-0.39, 0.29) is 30.8 Å². The van der Waals surface area contributed by atoms with Gasteiger partial charge in [-0.15, -0.1) is 0 Å². The zero-order valence-electron chi connectivity index (χ0n) is 26.1. The van der Waals surface area contributed by atoms with Crippen LogP contribution in [0.2, 0.25) is 0 Å². The van der Waals surface area contributed by atoms with E-state index in [9.17, 15) is 32.7 Å². The Hall–Kier alpha value is -4.53. The molecule has 252 valence electrons. The predicted octanol–water partition coefficient (Wildman–Crippen LogP) is 4.20. The van der Waals surface area contributed by atoms with Crippen LogP contribution in [0.3, 0.4) is 0 Å². The lowest BCUT2D eigenvalue weighted by Crippen LogP contribution is -2.53. The first-order valence-corrected chi connectivity index (χ1v) is 14.8. The molecular weight excluding hydrogens is 631 g/mol. The number of hydrogen-bond donors (Lipinski definition) is 1. The minimum Gasteiger partial charge on any atom is -0.493 e. The van der Waals surface area contributed by atoms with E-state index < -0.39 is 59.6 Å². The van der Waals surface area contributed by atoms with Gasteiger partial charge in [0.2, 0.25) is 0 Å². The highest BCUT2D eigenvalue weighted by molar-refractivity contribution is 5.97. The van der Waals surface area contributed by atoms with E-state index in [2.05, 4.69) is 4.98 Å². The molecule has 0 unspecified atom stereocenters. The molecule has 2 aliphatic heterocycles. The van der Waals surface area contributed by atoms with E-state index in [0.717, 1.165) is 11.9 Å². The average molecular weight is 665 g/mol. The Morgan fingerprint density at radius 3 is 2.47 bits per heavy atom. The van der Waals surface area contributed by atoms with Crippen LogP contribution in [0.15, 0.2) is 29.1 Å². The van der Waals surface area contributed by atoms with Crippen LogP contribution in [0.1, 0.15) is 39.3 Å². The van der Waals surface area contributed by atoms with Gasteiger partial charge in [0.1, 0.15) is 40.7 Å². The van der Waals surface area contributed by atoms with Crippen LogP contribution in [-0.2, 0) is 29.4 Å². The first-order chi connectivity index (χ1) is 22.1. The number of aryl methyl sites for hydroxylation is 1. The quantitative estimate of drug-likeness (QED) is 0.374. The molecule has 5 rings (SSSR count). The van der Waals surface area contributed by atoms with Crippen LogP contribution < -0.4 is 15.2 Å². The number of ether oxygens (including phenoxy) is 2. The molecule has 3 aromatic rings. The maximum atomic E-state index is 15.3. The molecule has 0 bridgehead atoms. The van der Waals surface area contributed by atoms with Crippen LogP contribution in [0.5, 0.6) is 5.75 Å². The summed E-state index contributed by atoms with van der Waals surface area (Å²) in [6.45, 7) is 2.75. The van der Waals surface area contributed by atoms with Gasteiger partial charge in [0.15, 0.2) is 0 Å². The van der Waals surface area contributed by atoms with Gasteiger partial charge in [-0.2, -0.15) is 13.2 Å². The molecule has 1 saturated heterocycles. The SMILES string of the molecule is Cc1nc(-c2ccc(C[C@@H](C(=O)O)N(C)C(=O)c3c(F)cc(N4CCOC[C@@H]4C(F)(F)F)cc3F)c3c2OCCC3)c(=O)n(C)c1C. The van der Waals surface area contributed by atoms with Gasteiger partial charge in [0, 0.05) is 44.0 Å². The molecule has 1 amide bonds. The number of morpholine rings is 1. The number of halogens is 5. The molecule has 0 aliphatic carbocycles. The Morgan fingerprint density at radius 1 is 1.15 bits per heavy atom. The standard InChI is InChI=1S/C32H33F5N4O6/c1-16-17(2)39(3)30(43)27(38-16)21-8-7-18(20-6-5-10-47-28(20)21)12-24(31(44)45)40(4)29(42)26-22(33)13-19(14-23(26)34)41-9-11-46-15-25(41)32(35,36)37/h7-8,13-14,24-25H,5-6,9-12,15H2,1-4H3,(H,44,45)/t24-,25+/m0/s1. The van der Waals surface area contributed by atoms with Crippen molar-refractivity contribution in [1.82, 2.24) is 14.5 Å². The lowest BCUT2D eigenvalue weighted by molar-refractivity contribution is -0.167. The van der Waals surface area contributed by atoms with Crippen molar-refractivity contribution >= 4 is 17.6 Å². The summed E-state index contributed by atoms with van der Waals surface area (Å²) in [7, 11) is 2.71. The van der Waals surface area contributed by atoms with Crippen molar-refractivity contribution in [2.75, 3.05) is 38.3 Å². The van der Waals surface area contributed by atoms with Crippen molar-refractivity contribution in [3.63, 3.8) is 0 Å². The van der Waals surface area contributed by atoms with E-state index in [4.69, 9.17) is 9.47 Å². The first kappa shape index (κ1) is 33.8. The second-order valence-electron chi connectivity index (χ2n) is 11.6. The molecule has 0 radical (unpaired) electrons. The van der Waals surface area contributed by atoms with Gasteiger partial charge in [-0.05, 0) is 56.0 Å². The summed E-state index contributed by atoms with van der Waals surface area (Å²) >= 11 is 0. The lowest BCUT2D eigenvalue weighted by atomic mass is 9.91. The Labute approximate surface area is 266 Å². The molecule has 10 nitrogen and oxygen atoms in total. The second-order valence-corrected chi connectivity index (χ2v) is 11.6. The summed E-state index contributed by atoms with van der Waals surface area (Å²) < 4.78 is 83.6. The number of aromatic nitrogens is 2. The lowest BCUT2D eigenvalue weighted by Gasteiger charge is -2.38. The van der Waals surface area contributed by atoms with Crippen LogP contribution in [0, 0.1) is 25.5 Å². The fourth-order valence-electron chi connectivity index (χ4n) is 5.96. The molecule has 2 aliphatic rings. The third-order valence-electron chi connectivity index (χ3n) is 8.81. The number of alkyl halides is 3. The van der Waals surface area contributed by atoms with E-state index in [0.29, 0.717) is 70.3 Å². The number of nitrogens with zero attached hydrogens (tertiary/aromatic N) is 4. The largest absolute Gasteiger partial charge is 0.493 e. The predicted molar refractivity (Wildman–Crippen MR) is 160 cm³/mol. The Bertz CT molecular complexity index is 1770. The van der Waals surface area contributed by atoms with Crippen molar-refractivity contribution in [1.29, 1.82) is 0 Å². The van der Waals surface area contributed by atoms with E-state index in [1.165, 1.54) is 4.57 Å². The average Bonchev–Trinajstić information content (AvgIpc) is 3.03. The zero-order chi connectivity index (χ0) is 34.4. The molecule has 0 spiro atoms. The summed E-state index contributed by atoms with van der Waals surface area (Å²) in [6, 6.07) is 0.716. The minimum absolute atomic E-state index is 0.104. The number of carboxylic acid groups (broad SMARTS) is 1. The number of carbonyl (C=O) groups is 2. The molecule has 3 heterocycles. The van der Waals surface area contributed by atoms with E-state index in [1.54, 1.807) is 33.0 Å². The number of benzene rings is 2. The highest BCUT2D eigenvalue weighted by Crippen LogP contribution is 2.38. The van der Waals surface area contributed by atoms with Crippen molar-refractivity contribution in [3.8, 4) is 17.0 Å². The van der Waals surface area contributed by atoms with Gasteiger partial charge in [-0.3, -0.25) is 9.59 Å². The van der Waals surface area contributed by atoms with Crippen LogP contribution in [0.25, 0.3) is 11.3 Å². The summed E-state index contributed by atoms with van der Waals surface area (Å²) in [4.78, 5) is 44.9. The number of anilines is 1. The van der Waals surface area contributed by atoms with Gasteiger partial charge in [-0.1, -0.05) is 6.07 Å². The van der Waals surface area contributed by atoms with Gasteiger partial charge < -0.3 is 28.9 Å². The van der Waals surface area contributed by atoms with Gasteiger partial charge >= 0.3 is 12.1 Å². The maximum Gasteiger partial charge on any atom is 0.411 e. The topological polar surface area (TPSA) is 114 Å². The minimum atomic E-state index is -4.75. The fourth-order valence-corrected chi connectivity index (χ4v) is 5.96. The van der Waals surface area contributed by atoms with Crippen molar-refractivity contribution in [2.24, 2.45) is 7.05 Å². The van der Waals surface area contributed by atoms with Gasteiger partial charge in [0.05, 0.1) is 25.5 Å². The molecule has 15 heteroatoms. The van der Waals surface area contributed by atoms with Crippen molar-refractivity contribution in [3.05, 3.63) is 74.3 Å². The Morgan fingerprint density at radius 2 is 1.83 bits per heavy atom. The summed E-state index contributed by atoms with van der Waals surface area (Å²) in [5.74, 6) is -5.28. The molecular formula is C32H33F5N4O6. The number of fused-ring (bicyclic) bond motifs is 1. The first-order valence-electron chi connectivity index (χ1n) is 14.8. The van der Waals surface area contributed by atoms with Crippen molar-refractivity contribution < 1.29 is 46.1 Å². The number of likely N-dealkylation sites (N-methyl/N-ethyl adjacent to an activating group) is 1. The number of carbonyl (C=O) groups excluding carboxylic acids is 1. The second kappa shape index (κ2) is 12.9. The number of hydrogen-bond acceptors (Lipinski definition) is 7. The number of aliphatic carboxylic acids is 1. The number of carboxylic acids is 1. The highest BCUT2D eigenvalue weighted by Gasteiger charge is 2.46. The normalized spacial score (nSPS) is 17.1. The van der Waals surface area contributed by atoms with Gasteiger partial charge in [-0.25, -0.2) is 18.6 Å². The maximum absolute atomic E-state index is 15.3. The molecule has 47 heavy (non-hydrogen) atoms. The molecule has 2 atom stereocenters. The Balaban J connectivity index is 1.46. The Kier molecular flexibility index (Phi) is 9.31. The molecule has 2 aromatic carbocycles. The van der Waals surface area contributed by atoms with Crippen LogP contribution >= 0.6 is 0 Å². The molecule has 1 aromatic heterocycles. The third-order valence-corrected chi connectivity index (χ3v) is 8.81. The molecule has 0 saturated carbocycles. The van der Waals surface area contributed by atoms with E-state index >= 15 is 8.78 Å². The van der Waals surface area contributed by atoms with Crippen LogP contribution in [-0.4, -0.2) is 83.1 Å². The molecule has 1 N–H and O–H groups in total. The van der Waals surface area contributed by atoms with Crippen molar-refractivity contribution in [2.45, 2.75) is 51.4 Å². The molecule has 1 fully saturated rings. The summed E-state index contributed by atoms with van der Waals surface area (Å²) in [5, 5.41) is 10.1. The van der Waals surface area contributed by atoms with Gasteiger partial charge in [0.25, 0.3) is 11.5 Å². The monoisotopic (exact) mass is 664 g/mol.